The summed E-state index contributed by atoms with van der Waals surface area (Å²) in [4.78, 5) is 0.349. The second-order valence-corrected chi connectivity index (χ2v) is 6.73. The van der Waals surface area contributed by atoms with Gasteiger partial charge in [0.05, 0.1) is 10.6 Å². The van der Waals surface area contributed by atoms with Crippen molar-refractivity contribution in [2.75, 3.05) is 5.73 Å². The van der Waals surface area contributed by atoms with Crippen LogP contribution in [0.25, 0.3) is 0 Å². The molecule has 0 atom stereocenters. The smallest absolute Gasteiger partial charge is 0.182 e. The molecule has 0 saturated heterocycles. The Labute approximate surface area is 114 Å². The zero-order valence-electron chi connectivity index (χ0n) is 11.1. The number of benzene rings is 2. The van der Waals surface area contributed by atoms with Crippen LogP contribution in [0.3, 0.4) is 0 Å². The van der Waals surface area contributed by atoms with Gasteiger partial charge in [-0.05, 0) is 43.2 Å². The molecule has 2 rings (SSSR count). The molecular formula is C15H17NO2S. The fraction of sp³-hybridized carbons (Fsp3) is 0.200. The average Bonchev–Trinajstić information content (AvgIpc) is 2.31. The van der Waals surface area contributed by atoms with Gasteiger partial charge < -0.3 is 5.73 Å². The Morgan fingerprint density at radius 3 is 2.21 bits per heavy atom. The van der Waals surface area contributed by atoms with Gasteiger partial charge in [-0.3, -0.25) is 0 Å². The van der Waals surface area contributed by atoms with Gasteiger partial charge in [-0.2, -0.15) is 0 Å². The van der Waals surface area contributed by atoms with E-state index in [1.807, 2.05) is 31.2 Å². The van der Waals surface area contributed by atoms with Crippen LogP contribution in [0.2, 0.25) is 0 Å². The zero-order valence-corrected chi connectivity index (χ0v) is 11.9. The van der Waals surface area contributed by atoms with Crippen LogP contribution in [-0.2, 0) is 15.6 Å². The van der Waals surface area contributed by atoms with E-state index in [4.69, 9.17) is 5.73 Å². The summed E-state index contributed by atoms with van der Waals surface area (Å²) in [6, 6.07) is 12.4. The molecule has 0 heterocycles. The highest BCUT2D eigenvalue weighted by Crippen LogP contribution is 2.22. The highest BCUT2D eigenvalue weighted by molar-refractivity contribution is 7.90. The fourth-order valence-electron chi connectivity index (χ4n) is 2.00. The number of anilines is 1. The first-order valence-electron chi connectivity index (χ1n) is 6.03. The maximum Gasteiger partial charge on any atom is 0.182 e. The van der Waals surface area contributed by atoms with E-state index in [0.29, 0.717) is 16.1 Å². The lowest BCUT2D eigenvalue weighted by atomic mass is 10.2. The van der Waals surface area contributed by atoms with Crippen molar-refractivity contribution in [1.29, 1.82) is 0 Å². The van der Waals surface area contributed by atoms with E-state index in [2.05, 4.69) is 0 Å². The molecule has 0 aliphatic carbocycles. The summed E-state index contributed by atoms with van der Waals surface area (Å²) in [6.07, 6.45) is 0. The second-order valence-electron chi connectivity index (χ2n) is 4.77. The Balaban J connectivity index is 2.35. The van der Waals surface area contributed by atoms with Gasteiger partial charge in [0.2, 0.25) is 0 Å². The quantitative estimate of drug-likeness (QED) is 0.876. The first-order valence-corrected chi connectivity index (χ1v) is 7.68. The molecule has 0 saturated carbocycles. The molecule has 2 aromatic carbocycles. The number of nitrogen functional groups attached to an aromatic ring is 1. The molecule has 0 radical (unpaired) electrons. The van der Waals surface area contributed by atoms with E-state index in [-0.39, 0.29) is 5.75 Å². The molecule has 3 nitrogen and oxygen atoms in total. The fourth-order valence-corrected chi connectivity index (χ4v) is 3.61. The van der Waals surface area contributed by atoms with Crippen molar-refractivity contribution in [2.24, 2.45) is 0 Å². The minimum atomic E-state index is -3.33. The number of nitrogens with two attached hydrogens (primary N) is 1. The van der Waals surface area contributed by atoms with Crippen molar-refractivity contribution in [2.45, 2.75) is 24.5 Å². The lowest BCUT2D eigenvalue weighted by molar-refractivity contribution is 0.594. The number of aryl methyl sites for hydroxylation is 2. The summed E-state index contributed by atoms with van der Waals surface area (Å²) < 4.78 is 24.8. The maximum atomic E-state index is 12.4. The Bertz CT molecular complexity index is 689. The number of hydrogen-bond acceptors (Lipinski definition) is 3. The molecule has 0 amide bonds. The monoisotopic (exact) mass is 275 g/mol. The standard InChI is InChI=1S/C15H17NO2S/c1-11-3-5-13(6-4-11)10-19(17,18)15-8-7-14(16)9-12(15)2/h3-9H,10,16H2,1-2H3. The molecule has 0 unspecified atom stereocenters. The van der Waals surface area contributed by atoms with Gasteiger partial charge in [0, 0.05) is 5.69 Å². The Morgan fingerprint density at radius 2 is 1.63 bits per heavy atom. The summed E-state index contributed by atoms with van der Waals surface area (Å²) in [5.74, 6) is 0.0119. The molecule has 0 spiro atoms. The predicted octanol–water partition coefficient (Wildman–Crippen LogP) is 2.86. The van der Waals surface area contributed by atoms with Gasteiger partial charge in [-0.25, -0.2) is 8.42 Å². The van der Waals surface area contributed by atoms with Crippen LogP contribution >= 0.6 is 0 Å². The minimum Gasteiger partial charge on any atom is -0.399 e. The van der Waals surface area contributed by atoms with Crippen LogP contribution in [0, 0.1) is 13.8 Å². The van der Waals surface area contributed by atoms with Crippen molar-refractivity contribution in [3.8, 4) is 0 Å². The van der Waals surface area contributed by atoms with Crippen molar-refractivity contribution < 1.29 is 8.42 Å². The van der Waals surface area contributed by atoms with Gasteiger partial charge in [-0.1, -0.05) is 29.8 Å². The van der Waals surface area contributed by atoms with Gasteiger partial charge >= 0.3 is 0 Å². The Kier molecular flexibility index (Phi) is 3.62. The van der Waals surface area contributed by atoms with E-state index in [1.165, 1.54) is 0 Å². The van der Waals surface area contributed by atoms with Crippen molar-refractivity contribution in [3.05, 3.63) is 59.2 Å². The van der Waals surface area contributed by atoms with Crippen LogP contribution in [0.1, 0.15) is 16.7 Å². The molecule has 2 N–H and O–H groups in total. The third-order valence-corrected chi connectivity index (χ3v) is 4.85. The molecule has 2 aromatic rings. The molecular weight excluding hydrogens is 258 g/mol. The van der Waals surface area contributed by atoms with E-state index >= 15 is 0 Å². The third kappa shape index (κ3) is 3.15. The summed E-state index contributed by atoms with van der Waals surface area (Å²) in [5, 5.41) is 0. The zero-order chi connectivity index (χ0) is 14.0. The number of hydrogen-bond donors (Lipinski definition) is 1. The Morgan fingerprint density at radius 1 is 1.00 bits per heavy atom. The van der Waals surface area contributed by atoms with Gasteiger partial charge in [-0.15, -0.1) is 0 Å². The van der Waals surface area contributed by atoms with E-state index < -0.39 is 9.84 Å². The Hall–Kier alpha value is -1.81. The maximum absolute atomic E-state index is 12.4. The molecule has 19 heavy (non-hydrogen) atoms. The lowest BCUT2D eigenvalue weighted by Gasteiger charge is -2.08. The lowest BCUT2D eigenvalue weighted by Crippen LogP contribution is -2.07. The third-order valence-electron chi connectivity index (χ3n) is 3.01. The predicted molar refractivity (Wildman–Crippen MR) is 77.7 cm³/mol. The largest absolute Gasteiger partial charge is 0.399 e. The van der Waals surface area contributed by atoms with E-state index in [0.717, 1.165) is 11.1 Å². The molecule has 4 heteroatoms. The first-order chi connectivity index (χ1) is 8.88. The van der Waals surface area contributed by atoms with Crippen LogP contribution in [0.5, 0.6) is 0 Å². The SMILES string of the molecule is Cc1ccc(CS(=O)(=O)c2ccc(N)cc2C)cc1. The summed E-state index contributed by atoms with van der Waals surface area (Å²) in [5.41, 5.74) is 8.82. The first kappa shape index (κ1) is 13.6. The van der Waals surface area contributed by atoms with Crippen LogP contribution in [-0.4, -0.2) is 8.42 Å². The van der Waals surface area contributed by atoms with Gasteiger partial charge in [0.25, 0.3) is 0 Å². The molecule has 0 aliphatic heterocycles. The summed E-state index contributed by atoms with van der Waals surface area (Å²) in [7, 11) is -3.33. The summed E-state index contributed by atoms with van der Waals surface area (Å²) in [6.45, 7) is 3.74. The van der Waals surface area contributed by atoms with Crippen LogP contribution in [0.15, 0.2) is 47.4 Å². The number of sulfone groups is 1. The molecule has 0 aromatic heterocycles. The minimum absolute atomic E-state index is 0.0119. The highest BCUT2D eigenvalue weighted by atomic mass is 32.2. The number of rotatable bonds is 3. The average molecular weight is 275 g/mol. The van der Waals surface area contributed by atoms with Gasteiger partial charge in [0.1, 0.15) is 0 Å². The molecule has 0 aliphatic rings. The molecule has 100 valence electrons. The van der Waals surface area contributed by atoms with Gasteiger partial charge in [0.15, 0.2) is 9.84 Å². The normalized spacial score (nSPS) is 11.5. The summed E-state index contributed by atoms with van der Waals surface area (Å²) >= 11 is 0. The van der Waals surface area contributed by atoms with E-state index in [9.17, 15) is 8.42 Å². The highest BCUT2D eigenvalue weighted by Gasteiger charge is 2.17. The molecule has 0 bridgehead atoms. The van der Waals surface area contributed by atoms with Crippen molar-refractivity contribution >= 4 is 15.5 Å². The molecule has 0 fully saturated rings. The second kappa shape index (κ2) is 5.05. The topological polar surface area (TPSA) is 60.2 Å². The van der Waals surface area contributed by atoms with Crippen molar-refractivity contribution in [3.63, 3.8) is 0 Å². The van der Waals surface area contributed by atoms with Crippen LogP contribution in [0.4, 0.5) is 5.69 Å². The van der Waals surface area contributed by atoms with E-state index in [1.54, 1.807) is 25.1 Å². The van der Waals surface area contributed by atoms with Crippen molar-refractivity contribution in [1.82, 2.24) is 0 Å². The van der Waals surface area contributed by atoms with Crippen LogP contribution < -0.4 is 5.73 Å².